The van der Waals surface area contributed by atoms with E-state index in [-0.39, 0.29) is 48.0 Å². The van der Waals surface area contributed by atoms with Crippen molar-refractivity contribution in [1.82, 2.24) is 14.6 Å². The van der Waals surface area contributed by atoms with Gasteiger partial charge in [-0.15, -0.1) is 0 Å². The largest absolute Gasteiger partial charge is 0.438 e. The van der Waals surface area contributed by atoms with Gasteiger partial charge in [-0.2, -0.15) is 4.31 Å². The highest BCUT2D eigenvalue weighted by molar-refractivity contribution is 7.89. The summed E-state index contributed by atoms with van der Waals surface area (Å²) in [4.78, 5) is 15.5. The minimum atomic E-state index is -3.63. The van der Waals surface area contributed by atoms with Crippen molar-refractivity contribution in [3.8, 4) is 0 Å². The van der Waals surface area contributed by atoms with Gasteiger partial charge >= 0.3 is 0 Å². The fourth-order valence-electron chi connectivity index (χ4n) is 4.93. The number of nitrogens with zero attached hydrogens (tertiary/aromatic N) is 2. The van der Waals surface area contributed by atoms with Gasteiger partial charge in [0.25, 0.3) is 5.91 Å². The number of nitrogens with one attached hydrogen (secondary N) is 1. The summed E-state index contributed by atoms with van der Waals surface area (Å²) in [5.74, 6) is -4.10. The van der Waals surface area contributed by atoms with E-state index in [0.29, 0.717) is 31.7 Å². The zero-order valence-corrected chi connectivity index (χ0v) is 18.5. The lowest BCUT2D eigenvalue weighted by Crippen LogP contribution is -2.51. The molecule has 0 saturated carbocycles. The standard InChI is InChI=1S/C21H25F3N4O4S/c22-16-9-18(24)17(23)7-12(16)8-19(25)13-5-14-1-2-15(6-13)28(14)33(30,31)4-3-27-21(29)20-10-26-11-32-20/h7,9-11,13-15,19H,1-6,8,25H2,(H,27,29)/t13-,14-,15+,19?. The van der Waals surface area contributed by atoms with Crippen LogP contribution in [0.25, 0.3) is 0 Å². The van der Waals surface area contributed by atoms with Crippen LogP contribution in [-0.2, 0) is 16.4 Å². The third-order valence-corrected chi connectivity index (χ3v) is 8.43. The number of sulfonamides is 1. The molecule has 1 aromatic carbocycles. The van der Waals surface area contributed by atoms with Crippen molar-refractivity contribution in [2.75, 3.05) is 12.3 Å². The average Bonchev–Trinajstić information content (AvgIpc) is 3.39. The van der Waals surface area contributed by atoms with E-state index in [9.17, 15) is 26.4 Å². The molecule has 180 valence electrons. The Kier molecular flexibility index (Phi) is 6.78. The van der Waals surface area contributed by atoms with Crippen LogP contribution in [0.2, 0.25) is 0 Å². The van der Waals surface area contributed by atoms with Crippen molar-refractivity contribution in [2.45, 2.75) is 50.2 Å². The lowest BCUT2D eigenvalue weighted by atomic mass is 9.83. The molecule has 3 N–H and O–H groups in total. The first-order chi connectivity index (χ1) is 15.7. The average molecular weight is 487 g/mol. The molecule has 2 aromatic rings. The number of benzene rings is 1. The first-order valence-electron chi connectivity index (χ1n) is 10.7. The topological polar surface area (TPSA) is 119 Å². The predicted octanol–water partition coefficient (Wildman–Crippen LogP) is 1.96. The number of piperidine rings is 1. The molecular formula is C21H25F3N4O4S. The Morgan fingerprint density at radius 3 is 2.48 bits per heavy atom. The molecule has 12 heteroatoms. The number of hydrogen-bond acceptors (Lipinski definition) is 6. The number of carbonyl (C=O) groups excluding carboxylic acids is 1. The lowest BCUT2D eigenvalue weighted by Gasteiger charge is -2.40. The second-order valence-corrected chi connectivity index (χ2v) is 10.6. The summed E-state index contributed by atoms with van der Waals surface area (Å²) >= 11 is 0. The van der Waals surface area contributed by atoms with Gasteiger partial charge in [0, 0.05) is 30.7 Å². The van der Waals surface area contributed by atoms with Crippen molar-refractivity contribution in [1.29, 1.82) is 0 Å². The van der Waals surface area contributed by atoms with Crippen LogP contribution in [0.4, 0.5) is 13.2 Å². The summed E-state index contributed by atoms with van der Waals surface area (Å²) in [6.45, 7) is -0.0733. The lowest BCUT2D eigenvalue weighted by molar-refractivity contribution is 0.0928. The van der Waals surface area contributed by atoms with Gasteiger partial charge < -0.3 is 15.5 Å². The van der Waals surface area contributed by atoms with Crippen molar-refractivity contribution in [3.05, 3.63) is 53.5 Å². The summed E-state index contributed by atoms with van der Waals surface area (Å²) in [5, 5.41) is 2.51. The minimum Gasteiger partial charge on any atom is -0.438 e. The first-order valence-corrected chi connectivity index (χ1v) is 12.3. The fraction of sp³-hybridized carbons (Fsp3) is 0.524. The molecule has 3 heterocycles. The minimum absolute atomic E-state index is 0.000239. The molecule has 0 spiro atoms. The summed E-state index contributed by atoms with van der Waals surface area (Å²) in [6, 6.07) is 0.358. The Hall–Kier alpha value is -2.44. The van der Waals surface area contributed by atoms with Crippen LogP contribution < -0.4 is 11.1 Å². The molecule has 2 aliphatic rings. The SMILES string of the molecule is NC(Cc1cc(F)c(F)cc1F)[C@@H]1C[C@H]2CC[C@@H](C1)N2S(=O)(=O)CCNC(=O)c1cnco1. The molecule has 1 aromatic heterocycles. The summed E-state index contributed by atoms with van der Waals surface area (Å²) in [5.41, 5.74) is 6.30. The van der Waals surface area contributed by atoms with Crippen molar-refractivity contribution in [2.24, 2.45) is 11.7 Å². The van der Waals surface area contributed by atoms with Crippen LogP contribution in [0.3, 0.4) is 0 Å². The molecule has 2 fully saturated rings. The van der Waals surface area contributed by atoms with Crippen LogP contribution >= 0.6 is 0 Å². The van der Waals surface area contributed by atoms with Gasteiger partial charge in [0.1, 0.15) is 5.82 Å². The van der Waals surface area contributed by atoms with Crippen LogP contribution in [0, 0.1) is 23.4 Å². The van der Waals surface area contributed by atoms with E-state index in [4.69, 9.17) is 10.2 Å². The highest BCUT2D eigenvalue weighted by atomic mass is 32.2. The smallest absolute Gasteiger partial charge is 0.288 e. The van der Waals surface area contributed by atoms with Gasteiger partial charge in [-0.3, -0.25) is 4.79 Å². The zero-order chi connectivity index (χ0) is 23.8. The molecule has 8 nitrogen and oxygen atoms in total. The summed E-state index contributed by atoms with van der Waals surface area (Å²) in [7, 11) is -3.63. The van der Waals surface area contributed by atoms with Crippen molar-refractivity contribution < 1.29 is 30.8 Å². The number of aromatic nitrogens is 1. The summed E-state index contributed by atoms with van der Waals surface area (Å²) < 4.78 is 73.1. The van der Waals surface area contributed by atoms with Gasteiger partial charge in [0.05, 0.1) is 11.9 Å². The van der Waals surface area contributed by atoms with Crippen molar-refractivity contribution >= 4 is 15.9 Å². The molecule has 1 amide bonds. The molecule has 2 saturated heterocycles. The highest BCUT2D eigenvalue weighted by Gasteiger charge is 2.47. The van der Waals surface area contributed by atoms with E-state index >= 15 is 0 Å². The third-order valence-electron chi connectivity index (χ3n) is 6.48. The van der Waals surface area contributed by atoms with Gasteiger partial charge in [0.2, 0.25) is 15.8 Å². The Morgan fingerprint density at radius 1 is 1.18 bits per heavy atom. The monoisotopic (exact) mass is 486 g/mol. The molecule has 4 rings (SSSR count). The molecular weight excluding hydrogens is 461 g/mol. The molecule has 2 aliphatic heterocycles. The van der Waals surface area contributed by atoms with Gasteiger partial charge in [0.15, 0.2) is 18.0 Å². The second-order valence-electron chi connectivity index (χ2n) is 8.61. The number of rotatable bonds is 8. The maximum atomic E-state index is 14.0. The quantitative estimate of drug-likeness (QED) is 0.551. The van der Waals surface area contributed by atoms with E-state index in [1.165, 1.54) is 10.5 Å². The number of halogens is 3. The number of hydrogen-bond donors (Lipinski definition) is 2. The predicted molar refractivity (Wildman–Crippen MR) is 112 cm³/mol. The van der Waals surface area contributed by atoms with Gasteiger partial charge in [-0.05, 0) is 49.7 Å². The van der Waals surface area contributed by atoms with Crippen LogP contribution in [-0.4, -0.2) is 54.0 Å². The number of carbonyl (C=O) groups is 1. The maximum absolute atomic E-state index is 14.0. The van der Waals surface area contributed by atoms with Crippen molar-refractivity contribution in [3.63, 3.8) is 0 Å². The Morgan fingerprint density at radius 2 is 1.85 bits per heavy atom. The molecule has 33 heavy (non-hydrogen) atoms. The van der Waals surface area contributed by atoms with E-state index in [1.54, 1.807) is 0 Å². The Bertz CT molecular complexity index is 1100. The van der Waals surface area contributed by atoms with Gasteiger partial charge in [-0.1, -0.05) is 0 Å². The Labute approximate surface area is 189 Å². The number of fused-ring (bicyclic) bond motifs is 2. The number of amides is 1. The van der Waals surface area contributed by atoms with Gasteiger partial charge in [-0.25, -0.2) is 26.6 Å². The fourth-order valence-corrected chi connectivity index (χ4v) is 6.80. The normalized spacial score (nSPS) is 24.1. The Balaban J connectivity index is 1.35. The zero-order valence-electron chi connectivity index (χ0n) is 17.7. The second kappa shape index (κ2) is 9.43. The third kappa shape index (κ3) is 5.07. The number of nitrogens with two attached hydrogens (primary N) is 1. The maximum Gasteiger partial charge on any atom is 0.288 e. The molecule has 2 bridgehead atoms. The summed E-state index contributed by atoms with van der Waals surface area (Å²) in [6.07, 6.45) is 4.78. The van der Waals surface area contributed by atoms with E-state index in [1.807, 2.05) is 0 Å². The van der Waals surface area contributed by atoms with E-state index in [0.717, 1.165) is 12.5 Å². The van der Waals surface area contributed by atoms with E-state index in [2.05, 4.69) is 10.3 Å². The highest BCUT2D eigenvalue weighted by Crippen LogP contribution is 2.42. The van der Waals surface area contributed by atoms with Crippen LogP contribution in [0.1, 0.15) is 41.8 Å². The van der Waals surface area contributed by atoms with Crippen LogP contribution in [0.15, 0.2) is 29.1 Å². The first kappa shape index (κ1) is 23.7. The molecule has 0 radical (unpaired) electrons. The number of oxazole rings is 1. The van der Waals surface area contributed by atoms with Crippen LogP contribution in [0.5, 0.6) is 0 Å². The molecule has 1 unspecified atom stereocenters. The van der Waals surface area contributed by atoms with E-state index < -0.39 is 39.4 Å². The molecule has 0 aliphatic carbocycles. The molecule has 4 atom stereocenters.